The maximum absolute atomic E-state index is 12.4. The molecular formula is C19H31N3O4Si. The first-order chi connectivity index (χ1) is 12.4. The van der Waals surface area contributed by atoms with Gasteiger partial charge in [0.05, 0.1) is 6.61 Å². The molecule has 2 bridgehead atoms. The van der Waals surface area contributed by atoms with E-state index in [1.165, 1.54) is 4.57 Å². The normalized spacial score (nSPS) is 31.9. The maximum atomic E-state index is 12.4. The standard InChI is InChI=1S/C19H31N3O4Si/c1-8-12(2)19-11-24-14(15(19)26-27(6,7)18(3,4)5)16(25-19)22-10-9-13(20)21-17(22)23/h8-10,12,14-16H,1,11H2,2-7H3,(H2,20,21,23)/t12-,14?,15-,16+,19?/m0/s1. The van der Waals surface area contributed by atoms with Crippen molar-refractivity contribution >= 4 is 14.1 Å². The van der Waals surface area contributed by atoms with E-state index in [1.807, 2.05) is 13.0 Å². The van der Waals surface area contributed by atoms with Crippen LogP contribution < -0.4 is 11.4 Å². The van der Waals surface area contributed by atoms with Crippen LogP contribution in [0.15, 0.2) is 29.7 Å². The van der Waals surface area contributed by atoms with Crippen LogP contribution in [0.5, 0.6) is 0 Å². The first kappa shape index (κ1) is 20.3. The SMILES string of the molecule is C=C[C@H](C)C12COC([C@H](n3ccc(N)nc3=O)O1)[C@@H]2O[Si](C)(C)C(C)(C)C. The van der Waals surface area contributed by atoms with E-state index in [9.17, 15) is 4.79 Å². The van der Waals surface area contributed by atoms with E-state index < -0.39 is 25.8 Å². The summed E-state index contributed by atoms with van der Waals surface area (Å²) in [6.45, 7) is 17.4. The van der Waals surface area contributed by atoms with Gasteiger partial charge in [-0.2, -0.15) is 4.98 Å². The van der Waals surface area contributed by atoms with Crippen molar-refractivity contribution in [1.82, 2.24) is 9.55 Å². The first-order valence-electron chi connectivity index (χ1n) is 9.37. The molecule has 8 heteroatoms. The predicted molar refractivity (Wildman–Crippen MR) is 107 cm³/mol. The monoisotopic (exact) mass is 393 g/mol. The van der Waals surface area contributed by atoms with Crippen molar-refractivity contribution < 1.29 is 13.9 Å². The fourth-order valence-electron chi connectivity index (χ4n) is 3.49. The highest BCUT2D eigenvalue weighted by molar-refractivity contribution is 6.74. The predicted octanol–water partition coefficient (Wildman–Crippen LogP) is 2.70. The molecule has 3 rings (SSSR count). The number of nitrogens with two attached hydrogens (primary N) is 1. The van der Waals surface area contributed by atoms with E-state index in [0.29, 0.717) is 6.61 Å². The Morgan fingerprint density at radius 3 is 2.74 bits per heavy atom. The third-order valence-electron chi connectivity index (χ3n) is 6.38. The second-order valence-electron chi connectivity index (χ2n) is 9.10. The van der Waals surface area contributed by atoms with E-state index in [-0.39, 0.29) is 29.0 Å². The Balaban J connectivity index is 2.02. The van der Waals surface area contributed by atoms with E-state index in [1.54, 1.807) is 12.3 Å². The number of anilines is 1. The Kier molecular flexibility index (Phi) is 4.91. The lowest BCUT2D eigenvalue weighted by molar-refractivity contribution is -0.186. The third kappa shape index (κ3) is 3.18. The summed E-state index contributed by atoms with van der Waals surface area (Å²) in [5.74, 6) is 0.184. The second-order valence-corrected chi connectivity index (χ2v) is 13.9. The largest absolute Gasteiger partial charge is 0.408 e. The minimum Gasteiger partial charge on any atom is -0.408 e. The van der Waals surface area contributed by atoms with Crippen LogP contribution in [-0.4, -0.2) is 42.3 Å². The Hall–Kier alpha value is -1.48. The topological polar surface area (TPSA) is 88.6 Å². The average molecular weight is 394 g/mol. The Morgan fingerprint density at radius 1 is 1.52 bits per heavy atom. The van der Waals surface area contributed by atoms with Crippen LogP contribution in [0.3, 0.4) is 0 Å². The Bertz CT molecular complexity index is 788. The van der Waals surface area contributed by atoms with Crippen molar-refractivity contribution in [3.8, 4) is 0 Å². The zero-order valence-corrected chi connectivity index (χ0v) is 18.1. The molecule has 2 aliphatic rings. The molecule has 0 radical (unpaired) electrons. The van der Waals surface area contributed by atoms with Gasteiger partial charge in [0.15, 0.2) is 14.5 Å². The molecular weight excluding hydrogens is 362 g/mol. The van der Waals surface area contributed by atoms with Crippen LogP contribution in [0.2, 0.25) is 18.1 Å². The third-order valence-corrected chi connectivity index (χ3v) is 10.8. The van der Waals surface area contributed by atoms with Gasteiger partial charge in [0.1, 0.15) is 23.6 Å². The number of fused-ring (bicyclic) bond motifs is 2. The molecule has 5 atom stereocenters. The number of ether oxygens (including phenoxy) is 2. The number of nitrogens with zero attached hydrogens (tertiary/aromatic N) is 2. The minimum atomic E-state index is -2.09. The summed E-state index contributed by atoms with van der Waals surface area (Å²) in [5.41, 5.74) is 4.50. The van der Waals surface area contributed by atoms with Crippen LogP contribution in [0.1, 0.15) is 33.9 Å². The minimum absolute atomic E-state index is 0.000267. The zero-order valence-electron chi connectivity index (χ0n) is 17.1. The summed E-state index contributed by atoms with van der Waals surface area (Å²) in [6, 6.07) is 1.59. The summed E-state index contributed by atoms with van der Waals surface area (Å²) < 4.78 is 20.8. The summed E-state index contributed by atoms with van der Waals surface area (Å²) in [7, 11) is -2.09. The zero-order chi connectivity index (χ0) is 20.2. The van der Waals surface area contributed by atoms with Crippen molar-refractivity contribution in [3.63, 3.8) is 0 Å². The number of rotatable bonds is 5. The number of nitrogen functional groups attached to an aromatic ring is 1. The lowest BCUT2D eigenvalue weighted by Crippen LogP contribution is -2.53. The second kappa shape index (κ2) is 6.54. The fourth-order valence-corrected chi connectivity index (χ4v) is 4.81. The van der Waals surface area contributed by atoms with Crippen LogP contribution in [0.4, 0.5) is 5.82 Å². The van der Waals surface area contributed by atoms with E-state index >= 15 is 0 Å². The molecule has 2 fully saturated rings. The molecule has 0 aliphatic carbocycles. The maximum Gasteiger partial charge on any atom is 0.351 e. The van der Waals surface area contributed by atoms with Gasteiger partial charge in [0.25, 0.3) is 0 Å². The summed E-state index contributed by atoms with van der Waals surface area (Å²) >= 11 is 0. The van der Waals surface area contributed by atoms with E-state index in [2.05, 4.69) is 45.4 Å². The van der Waals surface area contributed by atoms with Crippen molar-refractivity contribution in [2.45, 2.75) is 69.9 Å². The van der Waals surface area contributed by atoms with Crippen molar-refractivity contribution in [1.29, 1.82) is 0 Å². The molecule has 2 saturated heterocycles. The molecule has 3 heterocycles. The number of hydrogen-bond donors (Lipinski definition) is 1. The van der Waals surface area contributed by atoms with E-state index in [0.717, 1.165) is 0 Å². The Morgan fingerprint density at radius 2 is 2.19 bits per heavy atom. The molecule has 27 heavy (non-hydrogen) atoms. The summed E-state index contributed by atoms with van der Waals surface area (Å²) in [5, 5.41) is 0.0444. The van der Waals surface area contributed by atoms with Crippen LogP contribution in [-0.2, 0) is 13.9 Å². The van der Waals surface area contributed by atoms with Crippen molar-refractivity contribution in [2.75, 3.05) is 12.3 Å². The van der Waals surface area contributed by atoms with Gasteiger partial charge in [-0.05, 0) is 24.2 Å². The van der Waals surface area contributed by atoms with Gasteiger partial charge in [-0.25, -0.2) is 4.79 Å². The highest BCUT2D eigenvalue weighted by atomic mass is 28.4. The van der Waals surface area contributed by atoms with Crippen LogP contribution in [0.25, 0.3) is 0 Å². The molecule has 0 spiro atoms. The van der Waals surface area contributed by atoms with Crippen molar-refractivity contribution in [2.24, 2.45) is 5.92 Å². The average Bonchev–Trinajstić information content (AvgIpc) is 3.05. The van der Waals surface area contributed by atoms with Crippen LogP contribution >= 0.6 is 0 Å². The molecule has 1 aromatic heterocycles. The van der Waals surface area contributed by atoms with Gasteiger partial charge in [0, 0.05) is 12.1 Å². The van der Waals surface area contributed by atoms with Gasteiger partial charge in [0.2, 0.25) is 0 Å². The van der Waals surface area contributed by atoms with Gasteiger partial charge < -0.3 is 19.6 Å². The van der Waals surface area contributed by atoms with Gasteiger partial charge in [-0.1, -0.05) is 33.8 Å². The molecule has 0 amide bonds. The molecule has 0 aromatic carbocycles. The van der Waals surface area contributed by atoms with Gasteiger partial charge in [-0.15, -0.1) is 6.58 Å². The van der Waals surface area contributed by atoms with Gasteiger partial charge in [-0.3, -0.25) is 4.57 Å². The molecule has 7 nitrogen and oxygen atoms in total. The summed E-state index contributed by atoms with van der Waals surface area (Å²) in [4.78, 5) is 16.2. The lowest BCUT2D eigenvalue weighted by atomic mass is 9.86. The molecule has 2 N–H and O–H groups in total. The smallest absolute Gasteiger partial charge is 0.351 e. The fraction of sp³-hybridized carbons (Fsp3) is 0.684. The van der Waals surface area contributed by atoms with Crippen molar-refractivity contribution in [3.05, 3.63) is 35.4 Å². The summed E-state index contributed by atoms with van der Waals surface area (Å²) in [6.07, 6.45) is 2.21. The number of hydrogen-bond acceptors (Lipinski definition) is 6. The molecule has 0 saturated carbocycles. The highest BCUT2D eigenvalue weighted by Gasteiger charge is 2.66. The van der Waals surface area contributed by atoms with Crippen LogP contribution in [0, 0.1) is 5.92 Å². The van der Waals surface area contributed by atoms with E-state index in [4.69, 9.17) is 19.6 Å². The number of aromatic nitrogens is 2. The highest BCUT2D eigenvalue weighted by Crippen LogP contribution is 2.52. The molecule has 1 aromatic rings. The van der Waals surface area contributed by atoms with Gasteiger partial charge >= 0.3 is 5.69 Å². The Labute approximate surface area is 161 Å². The first-order valence-corrected chi connectivity index (χ1v) is 12.3. The molecule has 2 unspecified atom stereocenters. The molecule has 150 valence electrons. The quantitative estimate of drug-likeness (QED) is 0.611. The lowest BCUT2D eigenvalue weighted by Gasteiger charge is -2.42. The molecule has 2 aliphatic heterocycles.